The van der Waals surface area contributed by atoms with Crippen molar-refractivity contribution >= 4 is 34.2 Å². The first-order chi connectivity index (χ1) is 7.60. The van der Waals surface area contributed by atoms with Crippen molar-refractivity contribution in [2.75, 3.05) is 0 Å². The SMILES string of the molecule is CCn1cc(Cc2cn(C)nc2I)c(Cl)n1. The maximum atomic E-state index is 6.07. The highest BCUT2D eigenvalue weighted by atomic mass is 127. The summed E-state index contributed by atoms with van der Waals surface area (Å²) in [6, 6.07) is 0. The van der Waals surface area contributed by atoms with Crippen LogP contribution in [-0.2, 0) is 20.0 Å². The first-order valence-electron chi connectivity index (χ1n) is 5.00. The molecule has 0 saturated heterocycles. The first kappa shape index (κ1) is 11.9. The molecule has 2 aromatic rings. The molecule has 2 rings (SSSR count). The summed E-state index contributed by atoms with van der Waals surface area (Å²) in [7, 11) is 1.92. The summed E-state index contributed by atoms with van der Waals surface area (Å²) >= 11 is 8.30. The average Bonchev–Trinajstić information content (AvgIpc) is 2.72. The summed E-state index contributed by atoms with van der Waals surface area (Å²) in [5, 5.41) is 9.10. The van der Waals surface area contributed by atoms with Crippen LogP contribution in [0.3, 0.4) is 0 Å². The summed E-state index contributed by atoms with van der Waals surface area (Å²) in [4.78, 5) is 0. The molecule has 2 heterocycles. The van der Waals surface area contributed by atoms with Gasteiger partial charge in [-0.2, -0.15) is 10.2 Å². The molecule has 0 radical (unpaired) electrons. The second kappa shape index (κ2) is 4.75. The Morgan fingerprint density at radius 3 is 2.56 bits per heavy atom. The second-order valence-electron chi connectivity index (χ2n) is 3.60. The summed E-state index contributed by atoms with van der Waals surface area (Å²) in [5.41, 5.74) is 2.23. The molecule has 4 nitrogen and oxygen atoms in total. The molecule has 0 amide bonds. The molecular weight excluding hydrogens is 338 g/mol. The summed E-state index contributed by atoms with van der Waals surface area (Å²) in [6.45, 7) is 2.88. The summed E-state index contributed by atoms with van der Waals surface area (Å²) < 4.78 is 4.68. The van der Waals surface area contributed by atoms with E-state index in [0.29, 0.717) is 5.15 Å². The molecule has 0 aromatic carbocycles. The maximum absolute atomic E-state index is 6.07. The number of hydrogen-bond acceptors (Lipinski definition) is 2. The molecule has 0 aliphatic rings. The van der Waals surface area contributed by atoms with Crippen LogP contribution in [0, 0.1) is 3.70 Å². The van der Waals surface area contributed by atoms with Gasteiger partial charge in [0.15, 0.2) is 5.15 Å². The molecule has 0 atom stereocenters. The Hall–Kier alpha value is -0.560. The van der Waals surface area contributed by atoms with E-state index in [9.17, 15) is 0 Å². The van der Waals surface area contributed by atoms with Crippen LogP contribution >= 0.6 is 34.2 Å². The number of hydrogen-bond donors (Lipinski definition) is 0. The van der Waals surface area contributed by atoms with Gasteiger partial charge in [0.1, 0.15) is 3.70 Å². The highest BCUT2D eigenvalue weighted by Gasteiger charge is 2.11. The van der Waals surface area contributed by atoms with Crippen molar-refractivity contribution in [3.05, 3.63) is 32.4 Å². The van der Waals surface area contributed by atoms with Gasteiger partial charge in [-0.05, 0) is 29.5 Å². The molecule has 0 bridgehead atoms. The normalized spacial score (nSPS) is 11.0. The quantitative estimate of drug-likeness (QED) is 0.797. The Morgan fingerprint density at radius 2 is 2.06 bits per heavy atom. The third kappa shape index (κ3) is 2.40. The number of aryl methyl sites for hydroxylation is 2. The molecule has 0 unspecified atom stereocenters. The number of rotatable bonds is 3. The first-order valence-corrected chi connectivity index (χ1v) is 6.45. The van der Waals surface area contributed by atoms with Gasteiger partial charge in [0, 0.05) is 43.5 Å². The van der Waals surface area contributed by atoms with Crippen LogP contribution in [0.2, 0.25) is 5.15 Å². The smallest absolute Gasteiger partial charge is 0.154 e. The second-order valence-corrected chi connectivity index (χ2v) is 4.98. The van der Waals surface area contributed by atoms with E-state index in [1.165, 1.54) is 5.56 Å². The lowest BCUT2D eigenvalue weighted by molar-refractivity contribution is 0.659. The van der Waals surface area contributed by atoms with E-state index >= 15 is 0 Å². The van der Waals surface area contributed by atoms with Gasteiger partial charge in [-0.3, -0.25) is 9.36 Å². The van der Waals surface area contributed by atoms with Crippen LogP contribution < -0.4 is 0 Å². The Kier molecular flexibility index (Phi) is 3.53. The molecule has 0 saturated carbocycles. The zero-order valence-corrected chi connectivity index (χ0v) is 12.0. The lowest BCUT2D eigenvalue weighted by atomic mass is 10.2. The highest BCUT2D eigenvalue weighted by molar-refractivity contribution is 14.1. The third-order valence-electron chi connectivity index (χ3n) is 2.34. The van der Waals surface area contributed by atoms with E-state index in [2.05, 4.69) is 32.8 Å². The maximum Gasteiger partial charge on any atom is 0.154 e. The van der Waals surface area contributed by atoms with Gasteiger partial charge < -0.3 is 0 Å². The fourth-order valence-corrected chi connectivity index (χ4v) is 2.44. The van der Waals surface area contributed by atoms with E-state index in [1.807, 2.05) is 35.7 Å². The lowest BCUT2D eigenvalue weighted by Crippen LogP contribution is -1.92. The van der Waals surface area contributed by atoms with Crippen molar-refractivity contribution in [3.63, 3.8) is 0 Å². The summed E-state index contributed by atoms with van der Waals surface area (Å²) in [6.07, 6.45) is 4.79. The average molecular weight is 351 g/mol. The largest absolute Gasteiger partial charge is 0.274 e. The molecule has 0 aliphatic heterocycles. The van der Waals surface area contributed by atoms with Gasteiger partial charge in [-0.25, -0.2) is 0 Å². The minimum absolute atomic E-state index is 0.585. The Labute approximate surface area is 113 Å². The van der Waals surface area contributed by atoms with Gasteiger partial charge in [-0.15, -0.1) is 0 Å². The highest BCUT2D eigenvalue weighted by Crippen LogP contribution is 2.20. The standard InChI is InChI=1S/C10H12ClIN4/c1-3-16-6-7(9(11)13-16)4-8-5-15(2)14-10(8)12/h5-6H,3-4H2,1-2H3. The van der Waals surface area contributed by atoms with Crippen molar-refractivity contribution in [1.82, 2.24) is 19.6 Å². The van der Waals surface area contributed by atoms with Crippen LogP contribution in [0.5, 0.6) is 0 Å². The van der Waals surface area contributed by atoms with Crippen LogP contribution in [0.15, 0.2) is 12.4 Å². The predicted octanol–water partition coefficient (Wildman–Crippen LogP) is 2.49. The minimum Gasteiger partial charge on any atom is -0.274 e. The van der Waals surface area contributed by atoms with E-state index in [4.69, 9.17) is 11.6 Å². The fraction of sp³-hybridized carbons (Fsp3) is 0.400. The van der Waals surface area contributed by atoms with E-state index in [-0.39, 0.29) is 0 Å². The molecular formula is C10H12ClIN4. The molecule has 0 aliphatic carbocycles. The van der Waals surface area contributed by atoms with E-state index < -0.39 is 0 Å². The van der Waals surface area contributed by atoms with Crippen molar-refractivity contribution in [3.8, 4) is 0 Å². The third-order valence-corrected chi connectivity index (χ3v) is 3.57. The Bertz CT molecular complexity index is 503. The molecule has 86 valence electrons. The van der Waals surface area contributed by atoms with Gasteiger partial charge in [0.2, 0.25) is 0 Å². The monoisotopic (exact) mass is 350 g/mol. The van der Waals surface area contributed by atoms with Crippen molar-refractivity contribution in [1.29, 1.82) is 0 Å². The van der Waals surface area contributed by atoms with Gasteiger partial charge in [0.25, 0.3) is 0 Å². The van der Waals surface area contributed by atoms with E-state index in [1.54, 1.807) is 0 Å². The van der Waals surface area contributed by atoms with Crippen LogP contribution in [0.4, 0.5) is 0 Å². The fourth-order valence-electron chi connectivity index (χ4n) is 1.55. The van der Waals surface area contributed by atoms with E-state index in [0.717, 1.165) is 22.2 Å². The van der Waals surface area contributed by atoms with Gasteiger partial charge in [0.05, 0.1) is 0 Å². The van der Waals surface area contributed by atoms with Crippen LogP contribution in [-0.4, -0.2) is 19.6 Å². The van der Waals surface area contributed by atoms with Crippen molar-refractivity contribution in [2.24, 2.45) is 7.05 Å². The Morgan fingerprint density at radius 1 is 1.31 bits per heavy atom. The minimum atomic E-state index is 0.585. The summed E-state index contributed by atoms with van der Waals surface area (Å²) in [5.74, 6) is 0. The number of aromatic nitrogens is 4. The molecule has 0 fully saturated rings. The van der Waals surface area contributed by atoms with Crippen molar-refractivity contribution < 1.29 is 0 Å². The van der Waals surface area contributed by atoms with Gasteiger partial charge >= 0.3 is 0 Å². The van der Waals surface area contributed by atoms with Crippen molar-refractivity contribution in [2.45, 2.75) is 19.9 Å². The molecule has 6 heteroatoms. The van der Waals surface area contributed by atoms with Crippen LogP contribution in [0.1, 0.15) is 18.1 Å². The molecule has 16 heavy (non-hydrogen) atoms. The van der Waals surface area contributed by atoms with Gasteiger partial charge in [-0.1, -0.05) is 11.6 Å². The zero-order chi connectivity index (χ0) is 11.7. The molecule has 0 N–H and O–H groups in total. The molecule has 2 aromatic heterocycles. The molecule has 0 spiro atoms. The van der Waals surface area contributed by atoms with Crippen LogP contribution in [0.25, 0.3) is 0 Å². The predicted molar refractivity (Wildman–Crippen MR) is 71.6 cm³/mol. The topological polar surface area (TPSA) is 35.6 Å². The Balaban J connectivity index is 2.26. The zero-order valence-electron chi connectivity index (χ0n) is 9.11. The lowest BCUT2D eigenvalue weighted by Gasteiger charge is -1.94. The number of nitrogens with zero attached hydrogens (tertiary/aromatic N) is 4. The number of halogens is 2.